The molecule has 1 saturated carbocycles. The first-order chi connectivity index (χ1) is 8.11. The average Bonchev–Trinajstić information content (AvgIpc) is 2.68. The van der Waals surface area contributed by atoms with Gasteiger partial charge in [0.15, 0.2) is 4.33 Å². The summed E-state index contributed by atoms with van der Waals surface area (Å²) in [6.07, 6.45) is 0. The number of allylic oxidation sites excluding steroid dienone is 2. The van der Waals surface area contributed by atoms with E-state index >= 15 is 0 Å². The number of hydrogen-bond acceptors (Lipinski definition) is 1. The van der Waals surface area contributed by atoms with Crippen LogP contribution in [0.4, 0.5) is 0 Å². The molecule has 2 fully saturated rings. The molecule has 2 bridgehead atoms. The number of halogens is 8. The Hall–Kier alpha value is 2.02. The molecule has 0 spiro atoms. The van der Waals surface area contributed by atoms with Crippen molar-refractivity contribution in [1.82, 2.24) is 0 Å². The highest BCUT2D eigenvalue weighted by Crippen LogP contribution is 2.79. The van der Waals surface area contributed by atoms with Crippen molar-refractivity contribution in [3.63, 3.8) is 0 Å². The molecule has 3 rings (SSSR count). The van der Waals surface area contributed by atoms with Gasteiger partial charge < -0.3 is 4.74 Å². The molecule has 0 aromatic heterocycles. The van der Waals surface area contributed by atoms with Gasteiger partial charge in [-0.25, -0.2) is 0 Å². The average molecular weight is 412 g/mol. The maximum Gasteiger partial charge on any atom is 0.167 e. The molecule has 1 nitrogen and oxygen atoms in total. The van der Waals surface area contributed by atoms with Gasteiger partial charge in [-0.3, -0.25) is 0 Å². The predicted molar refractivity (Wildman–Crippen MR) is 77.7 cm³/mol. The second kappa shape index (κ2) is 4.06. The first-order valence-electron chi connectivity index (χ1n) is 4.87. The quantitative estimate of drug-likeness (QED) is 0.496. The molecule has 0 unspecified atom stereocenters. The second-order valence-corrected chi connectivity index (χ2v) is 8.65. The first kappa shape index (κ1) is 14.9. The van der Waals surface area contributed by atoms with Crippen molar-refractivity contribution in [2.24, 2.45) is 11.8 Å². The molecular formula is C9H4Cl8O. The van der Waals surface area contributed by atoms with Gasteiger partial charge in [0.2, 0.25) is 0 Å². The summed E-state index contributed by atoms with van der Waals surface area (Å²) >= 11 is 50.3. The smallest absolute Gasteiger partial charge is 0.167 e. The van der Waals surface area contributed by atoms with E-state index in [9.17, 15) is 0 Å². The molecule has 1 heterocycles. The van der Waals surface area contributed by atoms with E-state index in [0.717, 1.165) is 0 Å². The van der Waals surface area contributed by atoms with E-state index in [1.807, 2.05) is 0 Å². The van der Waals surface area contributed by atoms with Crippen LogP contribution >= 0.6 is 92.8 Å². The topological polar surface area (TPSA) is 9.23 Å². The number of alkyl halides is 6. The Morgan fingerprint density at radius 1 is 0.778 bits per heavy atom. The van der Waals surface area contributed by atoms with Crippen molar-refractivity contribution >= 4 is 92.8 Å². The maximum absolute atomic E-state index is 6.54. The molecule has 1 saturated heterocycles. The summed E-state index contributed by atoms with van der Waals surface area (Å²) in [7, 11) is 0. The Labute approximate surface area is 143 Å². The van der Waals surface area contributed by atoms with Gasteiger partial charge in [0.25, 0.3) is 0 Å². The molecule has 0 N–H and O–H groups in total. The summed E-state index contributed by atoms with van der Waals surface area (Å²) in [4.78, 5) is -2.81. The van der Waals surface area contributed by atoms with E-state index in [1.54, 1.807) is 0 Å². The van der Waals surface area contributed by atoms with E-state index < -0.39 is 37.0 Å². The molecule has 0 radical (unpaired) electrons. The zero-order chi connectivity index (χ0) is 13.7. The van der Waals surface area contributed by atoms with Crippen LogP contribution in [0.3, 0.4) is 0 Å². The van der Waals surface area contributed by atoms with Crippen LogP contribution in [-0.4, -0.2) is 25.2 Å². The molecule has 0 aromatic carbocycles. The lowest BCUT2D eigenvalue weighted by Gasteiger charge is -2.34. The number of rotatable bonds is 0. The van der Waals surface area contributed by atoms with E-state index in [4.69, 9.17) is 97.5 Å². The van der Waals surface area contributed by atoms with E-state index in [-0.39, 0.29) is 10.1 Å². The van der Waals surface area contributed by atoms with Gasteiger partial charge in [0.1, 0.15) is 20.9 Å². The molecule has 0 amide bonds. The molecule has 2 aliphatic carbocycles. The number of ether oxygens (including phenoxy) is 1. The van der Waals surface area contributed by atoms with Crippen LogP contribution in [0.1, 0.15) is 0 Å². The normalized spacial score (nSPS) is 57.3. The second-order valence-electron chi connectivity index (χ2n) is 4.52. The minimum atomic E-state index is -1.61. The van der Waals surface area contributed by atoms with Crippen molar-refractivity contribution in [2.45, 2.75) is 25.2 Å². The van der Waals surface area contributed by atoms with Gasteiger partial charge in [0, 0.05) is 11.8 Å². The zero-order valence-corrected chi connectivity index (χ0v) is 14.3. The summed E-state index contributed by atoms with van der Waals surface area (Å²) in [6.45, 7) is 0. The van der Waals surface area contributed by atoms with Crippen molar-refractivity contribution < 1.29 is 4.74 Å². The van der Waals surface area contributed by atoms with Crippen molar-refractivity contribution in [3.05, 3.63) is 10.1 Å². The van der Waals surface area contributed by atoms with Gasteiger partial charge in [-0.1, -0.05) is 69.6 Å². The molecular weight excluding hydrogens is 408 g/mol. The fourth-order valence-electron chi connectivity index (χ4n) is 3.05. The van der Waals surface area contributed by atoms with E-state index in [0.29, 0.717) is 0 Å². The third-order valence-electron chi connectivity index (χ3n) is 3.88. The Morgan fingerprint density at radius 3 is 1.44 bits per heavy atom. The summed E-state index contributed by atoms with van der Waals surface area (Å²) in [5.41, 5.74) is -1.57. The fraction of sp³-hybridized carbons (Fsp3) is 0.778. The molecule has 6 atom stereocenters. The van der Waals surface area contributed by atoms with Crippen LogP contribution in [0, 0.1) is 11.8 Å². The Kier molecular flexibility index (Phi) is 3.37. The molecule has 102 valence electrons. The molecule has 1 aliphatic heterocycles. The van der Waals surface area contributed by atoms with Crippen LogP contribution in [0.15, 0.2) is 10.1 Å². The van der Waals surface area contributed by atoms with Gasteiger partial charge in [-0.2, -0.15) is 0 Å². The van der Waals surface area contributed by atoms with Gasteiger partial charge >= 0.3 is 0 Å². The molecule has 3 aliphatic rings. The molecule has 9 heteroatoms. The predicted octanol–water partition coefficient (Wildman–Crippen LogP) is 5.22. The largest absolute Gasteiger partial charge is 0.343 e. The maximum atomic E-state index is 6.54. The zero-order valence-electron chi connectivity index (χ0n) is 8.24. The monoisotopic (exact) mass is 408 g/mol. The summed E-state index contributed by atoms with van der Waals surface area (Å²) in [5.74, 6) is -1.04. The van der Waals surface area contributed by atoms with E-state index in [1.165, 1.54) is 0 Å². The minimum absolute atomic E-state index is 0.104. The van der Waals surface area contributed by atoms with Gasteiger partial charge in [0.05, 0.1) is 10.1 Å². The Balaban J connectivity index is 2.30. The SMILES string of the molecule is ClC1=C(Cl)[C@]2(Cl)[C@H]3[C@@H]([C@H](Cl)O[C@H]3Cl)[C@@]1(Cl)C2(Cl)Cl. The lowest BCUT2D eigenvalue weighted by atomic mass is 9.84. The number of fused-ring (bicyclic) bond motifs is 5. The van der Waals surface area contributed by atoms with Gasteiger partial charge in [-0.05, 0) is 0 Å². The fourth-order valence-corrected chi connectivity index (χ4v) is 7.18. The third-order valence-corrected chi connectivity index (χ3v) is 8.92. The van der Waals surface area contributed by atoms with Crippen molar-refractivity contribution in [3.8, 4) is 0 Å². The Morgan fingerprint density at radius 2 is 1.11 bits per heavy atom. The van der Waals surface area contributed by atoms with Crippen LogP contribution in [0.25, 0.3) is 0 Å². The summed E-state index contributed by atoms with van der Waals surface area (Å²) < 4.78 is 3.72. The van der Waals surface area contributed by atoms with Crippen molar-refractivity contribution in [2.75, 3.05) is 0 Å². The third kappa shape index (κ3) is 1.27. The minimum Gasteiger partial charge on any atom is -0.343 e. The van der Waals surface area contributed by atoms with Crippen LogP contribution < -0.4 is 0 Å². The van der Waals surface area contributed by atoms with Gasteiger partial charge in [-0.15, -0.1) is 23.2 Å². The highest BCUT2D eigenvalue weighted by atomic mass is 35.5. The standard InChI is InChI=1S/C9H4Cl8O/c10-3-4(11)8(15)2-1(5(12)18-6(2)13)7(3,14)9(8,16)17/h1-2,5-6H/t1-,2-,5+,6+,7-,8+/m0/s1. The van der Waals surface area contributed by atoms with Crippen LogP contribution in [0.5, 0.6) is 0 Å². The summed E-state index contributed by atoms with van der Waals surface area (Å²) in [5, 5.41) is 0.208. The first-order valence-corrected chi connectivity index (χ1v) is 8.01. The molecule has 0 aromatic rings. The van der Waals surface area contributed by atoms with Crippen LogP contribution in [-0.2, 0) is 4.74 Å². The number of hydrogen-bond donors (Lipinski definition) is 0. The lowest BCUT2D eigenvalue weighted by Crippen LogP contribution is -2.47. The lowest BCUT2D eigenvalue weighted by molar-refractivity contribution is 0.112. The van der Waals surface area contributed by atoms with Crippen molar-refractivity contribution in [1.29, 1.82) is 0 Å². The Bertz CT molecular complexity index is 425. The highest BCUT2D eigenvalue weighted by Gasteiger charge is 2.86. The molecule has 18 heavy (non-hydrogen) atoms. The van der Waals surface area contributed by atoms with Crippen LogP contribution in [0.2, 0.25) is 0 Å². The summed E-state index contributed by atoms with van der Waals surface area (Å²) in [6, 6.07) is 0. The van der Waals surface area contributed by atoms with E-state index in [2.05, 4.69) is 0 Å². The highest BCUT2D eigenvalue weighted by molar-refractivity contribution is 6.66.